The Morgan fingerprint density at radius 1 is 1.04 bits per heavy atom. The maximum absolute atomic E-state index is 5.98. The molecule has 0 saturated carbocycles. The van der Waals surface area contributed by atoms with Crippen LogP contribution in [0.4, 0.5) is 0 Å². The highest BCUT2D eigenvalue weighted by Gasteiger charge is 2.18. The van der Waals surface area contributed by atoms with Gasteiger partial charge in [-0.05, 0) is 35.9 Å². The average molecular weight is 399 g/mol. The number of rotatable bonds is 3. The van der Waals surface area contributed by atoms with Crippen molar-refractivity contribution in [2.45, 2.75) is 5.88 Å². The molecule has 0 atom stereocenters. The van der Waals surface area contributed by atoms with Crippen molar-refractivity contribution in [1.82, 2.24) is 14.4 Å². The molecule has 1 aromatic carbocycles. The second kappa shape index (κ2) is 6.38. The van der Waals surface area contributed by atoms with Crippen LogP contribution in [0, 0.1) is 0 Å². The first-order valence-electron chi connectivity index (χ1n) is 7.51. The SMILES string of the molecule is ClCc1ccn2c(-c3ccccc3Br)c(-c3ccccn3)nc2c1. The number of hydrogen-bond acceptors (Lipinski definition) is 2. The summed E-state index contributed by atoms with van der Waals surface area (Å²) in [6.07, 6.45) is 3.80. The molecule has 0 unspecified atom stereocenters. The number of imidazole rings is 1. The molecule has 0 aliphatic carbocycles. The first kappa shape index (κ1) is 15.4. The molecule has 3 heterocycles. The largest absolute Gasteiger partial charge is 0.299 e. The van der Waals surface area contributed by atoms with Crippen molar-refractivity contribution in [3.05, 3.63) is 77.0 Å². The average Bonchev–Trinajstić information content (AvgIpc) is 3.01. The van der Waals surface area contributed by atoms with Crippen molar-refractivity contribution in [3.63, 3.8) is 0 Å². The van der Waals surface area contributed by atoms with E-state index in [1.165, 1.54) is 0 Å². The predicted octanol–water partition coefficient (Wildman–Crippen LogP) is 5.56. The van der Waals surface area contributed by atoms with Gasteiger partial charge in [0.1, 0.15) is 11.3 Å². The van der Waals surface area contributed by atoms with E-state index < -0.39 is 0 Å². The van der Waals surface area contributed by atoms with E-state index in [1.807, 2.05) is 54.7 Å². The second-order valence-corrected chi connectivity index (χ2v) is 6.52. The lowest BCUT2D eigenvalue weighted by Gasteiger charge is -2.08. The van der Waals surface area contributed by atoms with Crippen LogP contribution in [0.1, 0.15) is 5.56 Å². The van der Waals surface area contributed by atoms with Crippen molar-refractivity contribution in [3.8, 4) is 22.6 Å². The number of fused-ring (bicyclic) bond motifs is 1. The zero-order valence-electron chi connectivity index (χ0n) is 12.7. The molecule has 0 bridgehead atoms. The molecule has 0 spiro atoms. The lowest BCUT2D eigenvalue weighted by Crippen LogP contribution is -1.92. The normalized spacial score (nSPS) is 11.1. The van der Waals surface area contributed by atoms with Gasteiger partial charge in [-0.3, -0.25) is 9.38 Å². The molecular weight excluding hydrogens is 386 g/mol. The van der Waals surface area contributed by atoms with Crippen LogP contribution in [0.3, 0.4) is 0 Å². The maximum Gasteiger partial charge on any atom is 0.138 e. The molecule has 3 aromatic heterocycles. The number of halogens is 2. The van der Waals surface area contributed by atoms with E-state index in [1.54, 1.807) is 6.20 Å². The molecule has 4 aromatic rings. The molecule has 5 heteroatoms. The van der Waals surface area contributed by atoms with Crippen molar-refractivity contribution >= 4 is 33.2 Å². The number of nitrogens with zero attached hydrogens (tertiary/aromatic N) is 3. The Morgan fingerprint density at radius 3 is 2.62 bits per heavy atom. The van der Waals surface area contributed by atoms with E-state index in [0.717, 1.165) is 38.3 Å². The van der Waals surface area contributed by atoms with Crippen LogP contribution in [0.5, 0.6) is 0 Å². The highest BCUT2D eigenvalue weighted by Crippen LogP contribution is 2.36. The quantitative estimate of drug-likeness (QED) is 0.423. The minimum Gasteiger partial charge on any atom is -0.299 e. The first-order valence-corrected chi connectivity index (χ1v) is 8.84. The molecule has 0 saturated heterocycles. The molecule has 0 amide bonds. The highest BCUT2D eigenvalue weighted by atomic mass is 79.9. The van der Waals surface area contributed by atoms with Gasteiger partial charge in [-0.1, -0.05) is 40.2 Å². The molecule has 0 radical (unpaired) electrons. The van der Waals surface area contributed by atoms with E-state index in [-0.39, 0.29) is 0 Å². The van der Waals surface area contributed by atoms with Crippen molar-refractivity contribution < 1.29 is 0 Å². The van der Waals surface area contributed by atoms with Crippen LogP contribution in [0.25, 0.3) is 28.3 Å². The van der Waals surface area contributed by atoms with Gasteiger partial charge in [-0.15, -0.1) is 11.6 Å². The molecule has 3 nitrogen and oxygen atoms in total. The van der Waals surface area contributed by atoms with Crippen LogP contribution in [0.2, 0.25) is 0 Å². The van der Waals surface area contributed by atoms with Gasteiger partial charge in [0.2, 0.25) is 0 Å². The fraction of sp³-hybridized carbons (Fsp3) is 0.0526. The Morgan fingerprint density at radius 2 is 1.88 bits per heavy atom. The Bertz CT molecular complexity index is 1010. The third kappa shape index (κ3) is 2.62. The highest BCUT2D eigenvalue weighted by molar-refractivity contribution is 9.10. The van der Waals surface area contributed by atoms with Crippen LogP contribution < -0.4 is 0 Å². The first-order chi connectivity index (χ1) is 11.8. The second-order valence-electron chi connectivity index (χ2n) is 5.40. The molecule has 0 aliphatic rings. The fourth-order valence-corrected chi connectivity index (χ4v) is 3.40. The van der Waals surface area contributed by atoms with Gasteiger partial charge in [-0.25, -0.2) is 4.98 Å². The summed E-state index contributed by atoms with van der Waals surface area (Å²) in [4.78, 5) is 9.32. The topological polar surface area (TPSA) is 30.2 Å². The van der Waals surface area contributed by atoms with Gasteiger partial charge in [0.05, 0.1) is 11.4 Å². The molecule has 0 N–H and O–H groups in total. The van der Waals surface area contributed by atoms with E-state index in [9.17, 15) is 0 Å². The predicted molar refractivity (Wildman–Crippen MR) is 101 cm³/mol. The standard InChI is InChI=1S/C19H13BrClN3/c20-15-6-2-1-5-14(15)19-18(16-7-3-4-9-22-16)23-17-11-13(12-21)8-10-24(17)19/h1-11H,12H2. The minimum atomic E-state index is 0.465. The molecule has 4 rings (SSSR count). The minimum absolute atomic E-state index is 0.465. The van der Waals surface area contributed by atoms with Gasteiger partial charge in [0.15, 0.2) is 0 Å². The number of pyridine rings is 2. The van der Waals surface area contributed by atoms with Crippen molar-refractivity contribution in [1.29, 1.82) is 0 Å². The van der Waals surface area contributed by atoms with Crippen LogP contribution in [-0.2, 0) is 5.88 Å². The van der Waals surface area contributed by atoms with Gasteiger partial charge in [0.25, 0.3) is 0 Å². The van der Waals surface area contributed by atoms with Gasteiger partial charge in [0, 0.05) is 28.3 Å². The molecule has 118 valence electrons. The molecule has 0 fully saturated rings. The summed E-state index contributed by atoms with van der Waals surface area (Å²) in [6, 6.07) is 18.0. The lowest BCUT2D eigenvalue weighted by atomic mass is 10.1. The number of hydrogen-bond donors (Lipinski definition) is 0. The van der Waals surface area contributed by atoms with Gasteiger partial charge < -0.3 is 0 Å². The van der Waals surface area contributed by atoms with E-state index >= 15 is 0 Å². The van der Waals surface area contributed by atoms with Crippen LogP contribution >= 0.6 is 27.5 Å². The maximum atomic E-state index is 5.98. The summed E-state index contributed by atoms with van der Waals surface area (Å²) < 4.78 is 3.10. The zero-order valence-corrected chi connectivity index (χ0v) is 15.0. The number of aromatic nitrogens is 3. The summed E-state index contributed by atoms with van der Waals surface area (Å²) >= 11 is 9.63. The monoisotopic (exact) mass is 397 g/mol. The third-order valence-corrected chi connectivity index (χ3v) is 4.88. The fourth-order valence-electron chi connectivity index (χ4n) is 2.76. The van der Waals surface area contributed by atoms with E-state index in [4.69, 9.17) is 16.6 Å². The number of alkyl halides is 1. The van der Waals surface area contributed by atoms with Gasteiger partial charge in [-0.2, -0.15) is 0 Å². The van der Waals surface area contributed by atoms with E-state index in [2.05, 4.69) is 31.4 Å². The van der Waals surface area contributed by atoms with E-state index in [0.29, 0.717) is 5.88 Å². The smallest absolute Gasteiger partial charge is 0.138 e. The summed E-state index contributed by atoms with van der Waals surface area (Å²) in [6.45, 7) is 0. The third-order valence-electron chi connectivity index (χ3n) is 3.88. The summed E-state index contributed by atoms with van der Waals surface area (Å²) in [7, 11) is 0. The zero-order chi connectivity index (χ0) is 16.5. The molecule has 0 aliphatic heterocycles. The lowest BCUT2D eigenvalue weighted by molar-refractivity contribution is 1.17. The van der Waals surface area contributed by atoms with Crippen molar-refractivity contribution in [2.75, 3.05) is 0 Å². The molecule has 24 heavy (non-hydrogen) atoms. The number of benzene rings is 1. The van der Waals surface area contributed by atoms with Crippen molar-refractivity contribution in [2.24, 2.45) is 0 Å². The van der Waals surface area contributed by atoms with Crippen LogP contribution in [-0.4, -0.2) is 14.4 Å². The summed E-state index contributed by atoms with van der Waals surface area (Å²) in [5.41, 5.74) is 5.69. The Hall–Kier alpha value is -2.17. The Labute approximate surface area is 153 Å². The summed E-state index contributed by atoms with van der Waals surface area (Å²) in [5.74, 6) is 0.465. The molecular formula is C19H13BrClN3. The van der Waals surface area contributed by atoms with Gasteiger partial charge >= 0.3 is 0 Å². The Kier molecular flexibility index (Phi) is 4.08. The Balaban J connectivity index is 2.07. The summed E-state index contributed by atoms with van der Waals surface area (Å²) in [5, 5.41) is 0. The van der Waals surface area contributed by atoms with Crippen LogP contribution in [0.15, 0.2) is 71.5 Å².